The average molecular weight is 454 g/mol. The SMILES string of the molecule is FC(F)(F)Oc1ccc(-n2nnnc2SCCCc2nc(-c3cccs3)no2)cc1. The van der Waals surface area contributed by atoms with Gasteiger partial charge in [0.15, 0.2) is 0 Å². The number of tetrazole rings is 1. The zero-order valence-corrected chi connectivity index (χ0v) is 16.7. The van der Waals surface area contributed by atoms with E-state index < -0.39 is 6.36 Å². The number of thiophene rings is 1. The van der Waals surface area contributed by atoms with Gasteiger partial charge in [0.05, 0.1) is 10.6 Å². The topological polar surface area (TPSA) is 91.8 Å². The van der Waals surface area contributed by atoms with Crippen molar-refractivity contribution >= 4 is 23.1 Å². The molecular formula is C17H13F3N6O2S2. The maximum Gasteiger partial charge on any atom is 0.573 e. The van der Waals surface area contributed by atoms with Gasteiger partial charge in [-0.1, -0.05) is 23.0 Å². The highest BCUT2D eigenvalue weighted by Gasteiger charge is 2.31. The first-order valence-electron chi connectivity index (χ1n) is 8.62. The van der Waals surface area contributed by atoms with E-state index in [1.807, 2.05) is 17.5 Å². The van der Waals surface area contributed by atoms with E-state index >= 15 is 0 Å². The van der Waals surface area contributed by atoms with E-state index in [4.69, 9.17) is 4.52 Å². The number of benzene rings is 1. The van der Waals surface area contributed by atoms with Gasteiger partial charge >= 0.3 is 6.36 Å². The summed E-state index contributed by atoms with van der Waals surface area (Å²) < 4.78 is 47.4. The zero-order valence-electron chi connectivity index (χ0n) is 15.1. The van der Waals surface area contributed by atoms with E-state index in [2.05, 4.69) is 30.4 Å². The van der Waals surface area contributed by atoms with Gasteiger partial charge < -0.3 is 9.26 Å². The van der Waals surface area contributed by atoms with Crippen LogP contribution >= 0.6 is 23.1 Å². The van der Waals surface area contributed by atoms with Crippen molar-refractivity contribution in [2.75, 3.05) is 5.75 Å². The van der Waals surface area contributed by atoms with Gasteiger partial charge in [0.1, 0.15) is 5.75 Å². The van der Waals surface area contributed by atoms with E-state index in [-0.39, 0.29) is 5.75 Å². The summed E-state index contributed by atoms with van der Waals surface area (Å²) in [6.07, 6.45) is -3.38. The van der Waals surface area contributed by atoms with Crippen molar-refractivity contribution in [1.82, 2.24) is 30.3 Å². The number of aryl methyl sites for hydroxylation is 1. The summed E-state index contributed by atoms with van der Waals surface area (Å²) in [5, 5.41) is 17.9. The number of halogens is 3. The van der Waals surface area contributed by atoms with E-state index in [9.17, 15) is 13.2 Å². The highest BCUT2D eigenvalue weighted by atomic mass is 32.2. The van der Waals surface area contributed by atoms with Crippen molar-refractivity contribution in [3.8, 4) is 22.1 Å². The molecule has 13 heteroatoms. The highest BCUT2D eigenvalue weighted by molar-refractivity contribution is 7.99. The molecule has 0 aliphatic rings. The summed E-state index contributed by atoms with van der Waals surface area (Å²) in [7, 11) is 0. The molecule has 1 aromatic carbocycles. The summed E-state index contributed by atoms with van der Waals surface area (Å²) in [6.45, 7) is 0. The van der Waals surface area contributed by atoms with Crippen molar-refractivity contribution in [2.24, 2.45) is 0 Å². The Bertz CT molecular complexity index is 1080. The highest BCUT2D eigenvalue weighted by Crippen LogP contribution is 2.26. The molecule has 3 heterocycles. The normalized spacial score (nSPS) is 11.7. The van der Waals surface area contributed by atoms with Crippen molar-refractivity contribution in [1.29, 1.82) is 0 Å². The standard InChI is InChI=1S/C17H13F3N6O2S2/c18-17(19,20)27-12-7-5-11(6-8-12)26-16(22-24-25-26)30-10-2-4-14-21-15(23-28-14)13-3-1-9-29-13/h1,3,5-9H,2,4,10H2. The van der Waals surface area contributed by atoms with Crippen LogP contribution in [-0.2, 0) is 6.42 Å². The van der Waals surface area contributed by atoms with Gasteiger partial charge in [0, 0.05) is 12.2 Å². The second-order valence-electron chi connectivity index (χ2n) is 5.86. The molecule has 0 radical (unpaired) electrons. The van der Waals surface area contributed by atoms with Crippen molar-refractivity contribution in [2.45, 2.75) is 24.4 Å². The molecule has 4 rings (SSSR count). The third kappa shape index (κ3) is 5.16. The van der Waals surface area contributed by atoms with Gasteiger partial charge in [-0.25, -0.2) is 0 Å². The molecule has 0 saturated carbocycles. The molecule has 0 amide bonds. The first kappa shape index (κ1) is 20.3. The molecule has 0 fully saturated rings. The monoisotopic (exact) mass is 454 g/mol. The molecule has 30 heavy (non-hydrogen) atoms. The molecule has 3 aromatic heterocycles. The number of rotatable bonds is 8. The molecule has 0 aliphatic heterocycles. The number of alkyl halides is 3. The van der Waals surface area contributed by atoms with Gasteiger partial charge in [-0.3, -0.25) is 0 Å². The first-order chi connectivity index (χ1) is 14.5. The molecule has 4 aromatic rings. The Labute approximate surface area is 176 Å². The lowest BCUT2D eigenvalue weighted by molar-refractivity contribution is -0.274. The third-order valence-electron chi connectivity index (χ3n) is 3.73. The van der Waals surface area contributed by atoms with Gasteiger partial charge in [-0.15, -0.1) is 29.6 Å². The van der Waals surface area contributed by atoms with Crippen LogP contribution in [0.25, 0.3) is 16.4 Å². The summed E-state index contributed by atoms with van der Waals surface area (Å²) >= 11 is 2.96. The molecule has 0 unspecified atom stereocenters. The number of hydrogen-bond donors (Lipinski definition) is 0. The van der Waals surface area contributed by atoms with Gasteiger partial charge in [-0.05, 0) is 52.6 Å². The van der Waals surface area contributed by atoms with Crippen LogP contribution in [0, 0.1) is 0 Å². The Kier molecular flexibility index (Phi) is 5.99. The maximum absolute atomic E-state index is 12.3. The van der Waals surface area contributed by atoms with Crippen LogP contribution in [0.5, 0.6) is 5.75 Å². The molecule has 0 saturated heterocycles. The predicted octanol–water partition coefficient (Wildman–Crippen LogP) is 4.40. The minimum Gasteiger partial charge on any atom is -0.406 e. The van der Waals surface area contributed by atoms with Crippen LogP contribution in [0.2, 0.25) is 0 Å². The largest absolute Gasteiger partial charge is 0.573 e. The summed E-state index contributed by atoms with van der Waals surface area (Å²) in [5.41, 5.74) is 0.523. The number of aromatic nitrogens is 6. The van der Waals surface area contributed by atoms with Crippen molar-refractivity contribution in [3.05, 3.63) is 47.7 Å². The zero-order chi connectivity index (χ0) is 21.0. The third-order valence-corrected chi connectivity index (χ3v) is 5.60. The number of nitrogens with zero attached hydrogens (tertiary/aromatic N) is 6. The molecule has 0 atom stereocenters. The second kappa shape index (κ2) is 8.83. The van der Waals surface area contributed by atoms with Gasteiger partial charge in [-0.2, -0.15) is 9.67 Å². The van der Waals surface area contributed by atoms with E-state index in [1.165, 1.54) is 40.7 Å². The lowest BCUT2D eigenvalue weighted by Gasteiger charge is -2.09. The minimum absolute atomic E-state index is 0.310. The van der Waals surface area contributed by atoms with Crippen LogP contribution in [0.15, 0.2) is 51.5 Å². The van der Waals surface area contributed by atoms with Crippen molar-refractivity contribution < 1.29 is 22.4 Å². The van der Waals surface area contributed by atoms with E-state index in [0.29, 0.717) is 34.7 Å². The molecule has 0 bridgehead atoms. The predicted molar refractivity (Wildman–Crippen MR) is 102 cm³/mol. The molecule has 156 valence electrons. The lowest BCUT2D eigenvalue weighted by Crippen LogP contribution is -2.17. The summed E-state index contributed by atoms with van der Waals surface area (Å²) in [5.74, 6) is 1.51. The van der Waals surface area contributed by atoms with Crippen LogP contribution in [0.3, 0.4) is 0 Å². The molecule has 0 spiro atoms. The number of ether oxygens (including phenoxy) is 1. The van der Waals surface area contributed by atoms with Crippen molar-refractivity contribution in [3.63, 3.8) is 0 Å². The van der Waals surface area contributed by atoms with E-state index in [0.717, 1.165) is 11.3 Å². The van der Waals surface area contributed by atoms with Gasteiger partial charge in [0.2, 0.25) is 16.9 Å². The molecule has 0 aliphatic carbocycles. The first-order valence-corrected chi connectivity index (χ1v) is 10.5. The Morgan fingerprint density at radius 2 is 2.00 bits per heavy atom. The van der Waals surface area contributed by atoms with E-state index in [1.54, 1.807) is 11.3 Å². The fraction of sp³-hybridized carbons (Fsp3) is 0.235. The second-order valence-corrected chi connectivity index (χ2v) is 7.87. The van der Waals surface area contributed by atoms with Crippen LogP contribution in [0.1, 0.15) is 12.3 Å². The molecule has 8 nitrogen and oxygen atoms in total. The molecule has 0 N–H and O–H groups in total. The Morgan fingerprint density at radius 1 is 1.17 bits per heavy atom. The number of hydrogen-bond acceptors (Lipinski definition) is 9. The Hall–Kier alpha value is -2.93. The van der Waals surface area contributed by atoms with Crippen LogP contribution < -0.4 is 4.74 Å². The van der Waals surface area contributed by atoms with Crippen LogP contribution in [-0.4, -0.2) is 42.5 Å². The minimum atomic E-state index is -4.74. The Morgan fingerprint density at radius 3 is 2.73 bits per heavy atom. The Balaban J connectivity index is 1.31. The quantitative estimate of drug-likeness (QED) is 0.286. The number of thioether (sulfide) groups is 1. The fourth-order valence-electron chi connectivity index (χ4n) is 2.47. The fourth-order valence-corrected chi connectivity index (χ4v) is 3.95. The van der Waals surface area contributed by atoms with Gasteiger partial charge in [0.25, 0.3) is 0 Å². The maximum atomic E-state index is 12.3. The summed E-state index contributed by atoms with van der Waals surface area (Å²) in [6, 6.07) is 9.17. The van der Waals surface area contributed by atoms with Crippen LogP contribution in [0.4, 0.5) is 13.2 Å². The molecular weight excluding hydrogens is 441 g/mol. The smallest absolute Gasteiger partial charge is 0.406 e. The average Bonchev–Trinajstić information content (AvgIpc) is 3.45. The lowest BCUT2D eigenvalue weighted by atomic mass is 10.3. The summed E-state index contributed by atoms with van der Waals surface area (Å²) in [4.78, 5) is 5.32.